The lowest BCUT2D eigenvalue weighted by Gasteiger charge is -1.91. The molecule has 0 radical (unpaired) electrons. The maximum Gasteiger partial charge on any atom is 0.668 e. The Bertz CT molecular complexity index is 32.4. The van der Waals surface area contributed by atoms with Crippen LogP contribution in [0.25, 0.3) is 0 Å². The van der Waals surface area contributed by atoms with Crippen LogP contribution in [0, 0.1) is 0 Å². The molecule has 0 aliphatic rings. The van der Waals surface area contributed by atoms with Gasteiger partial charge < -0.3 is 24.7 Å². The summed E-state index contributed by atoms with van der Waals surface area (Å²) in [5.74, 6) is 0. The summed E-state index contributed by atoms with van der Waals surface area (Å²) >= 11 is 0. The van der Waals surface area contributed by atoms with Crippen molar-refractivity contribution in [3.63, 3.8) is 0 Å². The topological polar surface area (TPSA) is 112 Å². The quantitative estimate of drug-likeness (QED) is 0.286. The Labute approximate surface area is 78.8 Å². The minimum Gasteiger partial charge on any atom is -0.412 e. The van der Waals surface area contributed by atoms with Gasteiger partial charge in [-0.3, -0.25) is 4.70 Å². The molecule has 0 aliphatic carbocycles. The largest absolute Gasteiger partial charge is 0.668 e. The van der Waals surface area contributed by atoms with Crippen LogP contribution in [0.4, 0.5) is 4.70 Å². The predicted octanol–water partition coefficient (Wildman–Crippen LogP) is -5.38. The molecule has 0 spiro atoms. The van der Waals surface area contributed by atoms with E-state index in [-0.39, 0.29) is 50.6 Å². The van der Waals surface area contributed by atoms with Crippen molar-refractivity contribution in [3.05, 3.63) is 0 Å². The number of halogens is 1. The Hall–Kier alpha value is 1.25. The van der Waals surface area contributed by atoms with Gasteiger partial charge in [0, 0.05) is 0 Å². The third-order valence-corrected chi connectivity index (χ3v) is 0. The summed E-state index contributed by atoms with van der Waals surface area (Å²) in [5.41, 5.74) is 0. The van der Waals surface area contributed by atoms with Crippen molar-refractivity contribution < 1.29 is 29.4 Å². The summed E-state index contributed by atoms with van der Waals surface area (Å²) in [6, 6.07) is 0. The second-order valence-electron chi connectivity index (χ2n) is 0.600. The predicted molar refractivity (Wildman–Crippen MR) is 39.2 cm³/mol. The lowest BCUT2D eigenvalue weighted by Crippen LogP contribution is -2.33. The van der Waals surface area contributed by atoms with Gasteiger partial charge in [0.15, 0.2) is 17.4 Å². The molecule has 0 fully saturated rings. The van der Waals surface area contributed by atoms with Gasteiger partial charge in [-0.15, -0.1) is 0 Å². The van der Waals surface area contributed by atoms with E-state index in [0.29, 0.717) is 0 Å². The first-order chi connectivity index (χ1) is 2.00. The van der Waals surface area contributed by atoms with Crippen molar-refractivity contribution in [1.82, 2.24) is 0 Å². The van der Waals surface area contributed by atoms with Crippen molar-refractivity contribution in [2.24, 2.45) is 0 Å². The van der Waals surface area contributed by atoms with E-state index in [2.05, 4.69) is 0 Å². The van der Waals surface area contributed by atoms with E-state index >= 15 is 0 Å². The van der Waals surface area contributed by atoms with Crippen LogP contribution in [0.15, 0.2) is 0 Å². The lowest BCUT2D eigenvalue weighted by molar-refractivity contribution is 0.117. The second-order valence-corrected chi connectivity index (χ2v) is 1.80. The first kappa shape index (κ1) is 31.8. The van der Waals surface area contributed by atoms with Crippen LogP contribution < -0.4 is 0 Å². The molecule has 5 nitrogen and oxygen atoms in total. The molecule has 9 heavy (non-hydrogen) atoms. The first-order valence-corrected chi connectivity index (χ1v) is 2.68. The normalized spacial score (nSPS) is 6.67. The molecule has 9 heteroatoms. The summed E-state index contributed by atoms with van der Waals surface area (Å²) in [4.78, 5) is 29.3. The van der Waals surface area contributed by atoms with Crippen LogP contribution in [0.5, 0.6) is 0 Å². The Morgan fingerprint density at radius 1 is 0.889 bits per heavy atom. The number of hydrogen-bond acceptors (Lipinski definition) is 4. The third kappa shape index (κ3) is 313. The smallest absolute Gasteiger partial charge is 0.412 e. The molecule has 0 amide bonds. The molecule has 0 heterocycles. The van der Waals surface area contributed by atoms with Gasteiger partial charge in [0.2, 0.25) is 0 Å². The summed E-state index contributed by atoms with van der Waals surface area (Å²) in [6.07, 6.45) is 0. The van der Waals surface area contributed by atoms with E-state index in [1.54, 1.807) is 0 Å². The highest BCUT2D eigenvalue weighted by Gasteiger charge is 2.22. The Morgan fingerprint density at radius 2 is 0.889 bits per heavy atom. The van der Waals surface area contributed by atoms with Crippen molar-refractivity contribution in [3.8, 4) is 0 Å². The minimum atomic E-state index is -4.61. The zero-order chi connectivity index (χ0) is 4.50. The molecular formula is H12AlFMgO5Si. The fraction of sp³-hybridized carbons (Fsp3) is 0. The fourth-order valence-electron chi connectivity index (χ4n) is 0. The zero-order valence-electron chi connectivity index (χ0n) is 3.20. The van der Waals surface area contributed by atoms with Gasteiger partial charge in [-0.05, 0) is 0 Å². The number of rotatable bonds is 0. The van der Waals surface area contributed by atoms with Gasteiger partial charge in [0.25, 0.3) is 0 Å². The molecule has 0 atom stereocenters. The van der Waals surface area contributed by atoms with Crippen molar-refractivity contribution in [2.75, 3.05) is 0 Å². The van der Waals surface area contributed by atoms with Gasteiger partial charge in [-0.25, -0.2) is 0 Å². The zero-order valence-corrected chi connectivity index (χ0v) is 4.20. The average molecular weight is 190 g/mol. The van der Waals surface area contributed by atoms with E-state index in [0.717, 1.165) is 0 Å². The van der Waals surface area contributed by atoms with E-state index < -0.39 is 9.05 Å². The molecule has 0 bridgehead atoms. The van der Waals surface area contributed by atoms with Gasteiger partial charge in [0.1, 0.15) is 0 Å². The summed E-state index contributed by atoms with van der Waals surface area (Å²) in [5, 5.41) is 0. The van der Waals surface area contributed by atoms with Gasteiger partial charge in [-0.2, -0.15) is 0 Å². The highest BCUT2D eigenvalue weighted by Crippen LogP contribution is 1.67. The van der Waals surface area contributed by atoms with Crippen LogP contribution in [0.3, 0.4) is 0 Å². The maximum absolute atomic E-state index is 7.33. The molecule has 0 aromatic carbocycles. The van der Waals surface area contributed by atoms with Crippen LogP contribution in [-0.2, 0) is 0 Å². The monoisotopic (exact) mass is 190 g/mol. The highest BCUT2D eigenvalue weighted by molar-refractivity contribution is 6.46. The fourth-order valence-corrected chi connectivity index (χ4v) is 0. The molecule has 58 valence electrons. The molecule has 0 saturated heterocycles. The first-order valence-electron chi connectivity index (χ1n) is 0.894. The second kappa shape index (κ2) is 12.0. The average Bonchev–Trinajstić information content (AvgIpc) is 0.722. The highest BCUT2D eigenvalue weighted by atomic mass is 28.4. The molecule has 0 aliphatic heterocycles. The molecular weight excluding hydrogens is 178 g/mol. The molecule has 0 aromatic heterocycles. The van der Waals surface area contributed by atoms with Crippen molar-refractivity contribution in [2.45, 2.75) is 0 Å². The van der Waals surface area contributed by atoms with E-state index in [9.17, 15) is 0 Å². The van der Waals surface area contributed by atoms with E-state index in [4.69, 9.17) is 19.2 Å². The Morgan fingerprint density at radius 3 is 0.889 bits per heavy atom. The van der Waals surface area contributed by atoms with Crippen LogP contribution >= 0.6 is 0 Å². The van der Waals surface area contributed by atoms with Crippen LogP contribution in [0.1, 0.15) is 0 Å². The summed E-state index contributed by atoms with van der Waals surface area (Å²) in [7, 11) is -4.61. The molecule has 0 aromatic rings. The van der Waals surface area contributed by atoms with Gasteiger partial charge in [-0.1, -0.05) is 0 Å². The Balaban J connectivity index is -0.0000000133. The lowest BCUT2D eigenvalue weighted by atomic mass is 15.7. The standard InChI is InChI=1S/Al.FH.Mg.H4O4Si.H2O.5H/c;;;1-5(2,3)4;;;;;;/h;1H;;1-4H;1H2;;;;;. The maximum atomic E-state index is 7.33. The van der Waals surface area contributed by atoms with Crippen LogP contribution in [-0.4, -0.2) is 74.1 Å². The summed E-state index contributed by atoms with van der Waals surface area (Å²) < 4.78 is 0. The minimum absolute atomic E-state index is 0. The molecule has 0 rings (SSSR count). The number of hydrogen-bond donors (Lipinski definition) is 4. The third-order valence-electron chi connectivity index (χ3n) is 0. The van der Waals surface area contributed by atoms with E-state index in [1.807, 2.05) is 0 Å². The Kier molecular flexibility index (Phi) is 42.3. The molecule has 0 saturated carbocycles. The SMILES string of the molecule is F.O.O[Si](O)(O)O.[AlH3].[MgH2]. The van der Waals surface area contributed by atoms with Gasteiger partial charge >= 0.3 is 32.1 Å². The molecule has 6 N–H and O–H groups in total. The van der Waals surface area contributed by atoms with E-state index in [1.165, 1.54) is 0 Å². The van der Waals surface area contributed by atoms with Crippen LogP contribution in [0.2, 0.25) is 0 Å². The summed E-state index contributed by atoms with van der Waals surface area (Å²) in [6.45, 7) is 0. The van der Waals surface area contributed by atoms with Gasteiger partial charge in [0.05, 0.1) is 0 Å². The van der Waals surface area contributed by atoms with Crippen molar-refractivity contribution in [1.29, 1.82) is 0 Å². The van der Waals surface area contributed by atoms with Crippen molar-refractivity contribution >= 4 is 49.5 Å². The molecule has 0 unspecified atom stereocenters.